The van der Waals surface area contributed by atoms with Crippen molar-refractivity contribution in [2.75, 3.05) is 0 Å². The monoisotopic (exact) mass is 126 g/mol. The molecular formula is C7H14N2. The summed E-state index contributed by atoms with van der Waals surface area (Å²) in [5, 5.41) is 0. The van der Waals surface area contributed by atoms with Crippen LogP contribution in [0, 0.1) is 11.8 Å². The summed E-state index contributed by atoms with van der Waals surface area (Å²) in [5.74, 6) is 7.30. The molecule has 0 radical (unpaired) electrons. The Morgan fingerprint density at radius 1 is 1.22 bits per heavy atom. The Morgan fingerprint density at radius 2 is 2.11 bits per heavy atom. The third-order valence-corrected chi connectivity index (χ3v) is 2.95. The molecule has 3 atom stereocenters. The first-order chi connectivity index (χ1) is 4.40. The highest BCUT2D eigenvalue weighted by Gasteiger charge is 2.38. The van der Waals surface area contributed by atoms with Gasteiger partial charge in [0.25, 0.3) is 0 Å². The third kappa shape index (κ3) is 0.775. The van der Waals surface area contributed by atoms with Crippen LogP contribution < -0.4 is 11.3 Å². The van der Waals surface area contributed by atoms with Gasteiger partial charge in [-0.3, -0.25) is 11.3 Å². The quantitative estimate of drug-likeness (QED) is 0.399. The summed E-state index contributed by atoms with van der Waals surface area (Å²) in [6, 6.07) is 0.656. The zero-order valence-electron chi connectivity index (χ0n) is 5.64. The molecule has 0 heterocycles. The van der Waals surface area contributed by atoms with Gasteiger partial charge >= 0.3 is 0 Å². The Bertz CT molecular complexity index is 113. The molecule has 3 N–H and O–H groups in total. The molecule has 0 aromatic rings. The number of fused-ring (bicyclic) bond motifs is 2. The topological polar surface area (TPSA) is 38.0 Å². The van der Waals surface area contributed by atoms with Gasteiger partial charge in [0.15, 0.2) is 0 Å². The first-order valence-electron chi connectivity index (χ1n) is 3.86. The van der Waals surface area contributed by atoms with E-state index in [-0.39, 0.29) is 0 Å². The summed E-state index contributed by atoms with van der Waals surface area (Å²) >= 11 is 0. The van der Waals surface area contributed by atoms with E-state index in [2.05, 4.69) is 5.43 Å². The van der Waals surface area contributed by atoms with Crippen LogP contribution in [0.2, 0.25) is 0 Å². The van der Waals surface area contributed by atoms with Crippen molar-refractivity contribution in [1.82, 2.24) is 5.43 Å². The molecule has 0 aromatic carbocycles. The van der Waals surface area contributed by atoms with E-state index in [1.165, 1.54) is 25.7 Å². The van der Waals surface area contributed by atoms with Crippen molar-refractivity contribution in [3.05, 3.63) is 0 Å². The van der Waals surface area contributed by atoms with Gasteiger partial charge in [-0.15, -0.1) is 0 Å². The van der Waals surface area contributed by atoms with Gasteiger partial charge in [-0.25, -0.2) is 0 Å². The van der Waals surface area contributed by atoms with Crippen molar-refractivity contribution < 1.29 is 0 Å². The largest absolute Gasteiger partial charge is 0.271 e. The molecule has 9 heavy (non-hydrogen) atoms. The van der Waals surface area contributed by atoms with Crippen molar-refractivity contribution in [3.8, 4) is 0 Å². The highest BCUT2D eigenvalue weighted by atomic mass is 15.2. The molecule has 2 aliphatic carbocycles. The van der Waals surface area contributed by atoms with E-state index in [4.69, 9.17) is 5.84 Å². The van der Waals surface area contributed by atoms with Crippen LogP contribution in [-0.2, 0) is 0 Å². The van der Waals surface area contributed by atoms with Gasteiger partial charge in [0.05, 0.1) is 0 Å². The molecule has 2 rings (SSSR count). The van der Waals surface area contributed by atoms with E-state index < -0.39 is 0 Å². The summed E-state index contributed by atoms with van der Waals surface area (Å²) in [7, 11) is 0. The molecule has 52 valence electrons. The minimum atomic E-state index is 0.656. The van der Waals surface area contributed by atoms with E-state index in [1.807, 2.05) is 0 Å². The molecule has 0 aliphatic heterocycles. The van der Waals surface area contributed by atoms with E-state index in [1.54, 1.807) is 0 Å². The number of hydrogen-bond acceptors (Lipinski definition) is 2. The maximum Gasteiger partial charge on any atom is 0.0241 e. The molecule has 2 nitrogen and oxygen atoms in total. The standard InChI is InChI=1S/C7H14N2/c8-9-7-4-5-1-2-6(7)3-5/h5-7,9H,1-4,8H2/t5-,6+,7+/m0/s1. The average molecular weight is 126 g/mol. The normalized spacial score (nSPS) is 48.3. The van der Waals surface area contributed by atoms with Crippen LogP contribution in [0.15, 0.2) is 0 Å². The molecule has 2 fully saturated rings. The molecule has 0 spiro atoms. The zero-order chi connectivity index (χ0) is 6.27. The first-order valence-corrected chi connectivity index (χ1v) is 3.86. The van der Waals surface area contributed by atoms with Crippen molar-refractivity contribution in [2.24, 2.45) is 17.7 Å². The Balaban J connectivity index is 2.01. The fourth-order valence-electron chi connectivity index (χ4n) is 2.45. The molecule has 2 heteroatoms. The van der Waals surface area contributed by atoms with Crippen molar-refractivity contribution >= 4 is 0 Å². The van der Waals surface area contributed by atoms with Crippen LogP contribution in [0.25, 0.3) is 0 Å². The number of hydrazine groups is 1. The summed E-state index contributed by atoms with van der Waals surface area (Å²) < 4.78 is 0. The Kier molecular flexibility index (Phi) is 1.24. The van der Waals surface area contributed by atoms with E-state index in [0.717, 1.165) is 11.8 Å². The molecule has 0 saturated heterocycles. The minimum Gasteiger partial charge on any atom is -0.271 e. The average Bonchev–Trinajstić information content (AvgIpc) is 2.45. The summed E-state index contributed by atoms with van der Waals surface area (Å²) in [6.07, 6.45) is 5.65. The summed E-state index contributed by atoms with van der Waals surface area (Å²) in [5.41, 5.74) is 2.90. The molecule has 0 amide bonds. The van der Waals surface area contributed by atoms with Crippen LogP contribution >= 0.6 is 0 Å². The predicted octanol–water partition coefficient (Wildman–Crippen LogP) is 0.638. The second-order valence-corrected chi connectivity index (χ2v) is 3.45. The van der Waals surface area contributed by atoms with E-state index in [0.29, 0.717) is 6.04 Å². The maximum absolute atomic E-state index is 5.37. The fourth-order valence-corrected chi connectivity index (χ4v) is 2.45. The number of hydrogen-bond donors (Lipinski definition) is 2. The van der Waals surface area contributed by atoms with Crippen molar-refractivity contribution in [1.29, 1.82) is 0 Å². The molecule has 2 saturated carbocycles. The first kappa shape index (κ1) is 5.69. The van der Waals surface area contributed by atoms with Gasteiger partial charge in [0, 0.05) is 6.04 Å². The van der Waals surface area contributed by atoms with Gasteiger partial charge in [-0.2, -0.15) is 0 Å². The lowest BCUT2D eigenvalue weighted by molar-refractivity contribution is 0.357. The number of rotatable bonds is 1. The van der Waals surface area contributed by atoms with Crippen molar-refractivity contribution in [2.45, 2.75) is 31.7 Å². The van der Waals surface area contributed by atoms with E-state index >= 15 is 0 Å². The Labute approximate surface area is 55.8 Å². The number of nitrogens with one attached hydrogen (secondary N) is 1. The fraction of sp³-hybridized carbons (Fsp3) is 1.00. The smallest absolute Gasteiger partial charge is 0.0241 e. The van der Waals surface area contributed by atoms with Gasteiger partial charge in [0.2, 0.25) is 0 Å². The lowest BCUT2D eigenvalue weighted by atomic mass is 9.96. The van der Waals surface area contributed by atoms with Gasteiger partial charge < -0.3 is 0 Å². The van der Waals surface area contributed by atoms with Gasteiger partial charge in [-0.1, -0.05) is 6.42 Å². The van der Waals surface area contributed by atoms with Crippen LogP contribution in [0.5, 0.6) is 0 Å². The molecule has 0 unspecified atom stereocenters. The SMILES string of the molecule is NN[C@@H]1C[C@H]2CC[C@@H]1C2. The van der Waals surface area contributed by atoms with Crippen LogP contribution in [0.1, 0.15) is 25.7 Å². The van der Waals surface area contributed by atoms with E-state index in [9.17, 15) is 0 Å². The summed E-state index contributed by atoms with van der Waals surface area (Å²) in [4.78, 5) is 0. The van der Waals surface area contributed by atoms with Crippen LogP contribution in [0.4, 0.5) is 0 Å². The second kappa shape index (κ2) is 1.96. The molecular weight excluding hydrogens is 112 g/mol. The number of nitrogens with two attached hydrogens (primary N) is 1. The Hall–Kier alpha value is -0.0800. The second-order valence-electron chi connectivity index (χ2n) is 3.45. The van der Waals surface area contributed by atoms with Gasteiger partial charge in [-0.05, 0) is 31.1 Å². The molecule has 2 aliphatic rings. The highest BCUT2D eigenvalue weighted by molar-refractivity contribution is 4.92. The highest BCUT2D eigenvalue weighted by Crippen LogP contribution is 2.43. The lowest BCUT2D eigenvalue weighted by Crippen LogP contribution is -2.38. The van der Waals surface area contributed by atoms with Crippen LogP contribution in [-0.4, -0.2) is 6.04 Å². The van der Waals surface area contributed by atoms with Crippen LogP contribution in [0.3, 0.4) is 0 Å². The Morgan fingerprint density at radius 3 is 2.44 bits per heavy atom. The summed E-state index contributed by atoms with van der Waals surface area (Å²) in [6.45, 7) is 0. The zero-order valence-corrected chi connectivity index (χ0v) is 5.64. The molecule has 0 aromatic heterocycles. The molecule has 2 bridgehead atoms. The third-order valence-electron chi connectivity index (χ3n) is 2.95. The minimum absolute atomic E-state index is 0.656. The van der Waals surface area contributed by atoms with Crippen molar-refractivity contribution in [3.63, 3.8) is 0 Å². The maximum atomic E-state index is 5.37. The lowest BCUT2D eigenvalue weighted by Gasteiger charge is -2.19. The predicted molar refractivity (Wildman–Crippen MR) is 36.6 cm³/mol. The van der Waals surface area contributed by atoms with Gasteiger partial charge in [0.1, 0.15) is 0 Å².